The van der Waals surface area contributed by atoms with Crippen LogP contribution in [0.3, 0.4) is 0 Å². The lowest BCUT2D eigenvalue weighted by Crippen LogP contribution is -2.16. The number of nitrogens with zero attached hydrogens (tertiary/aromatic N) is 2. The zero-order chi connectivity index (χ0) is 12.0. The maximum Gasteiger partial charge on any atom is 0.224 e. The molecule has 0 amide bonds. The maximum atomic E-state index is 6.02. The van der Waals surface area contributed by atoms with Crippen molar-refractivity contribution in [3.8, 4) is 0 Å². The summed E-state index contributed by atoms with van der Waals surface area (Å²) in [6.07, 6.45) is 5.13. The van der Waals surface area contributed by atoms with Crippen LogP contribution < -0.4 is 10.6 Å². The van der Waals surface area contributed by atoms with Crippen LogP contribution in [-0.4, -0.2) is 23.1 Å². The van der Waals surface area contributed by atoms with Gasteiger partial charge in [0.2, 0.25) is 5.95 Å². The van der Waals surface area contributed by atoms with Crippen molar-refractivity contribution < 1.29 is 0 Å². The summed E-state index contributed by atoms with van der Waals surface area (Å²) < 4.78 is 0. The van der Waals surface area contributed by atoms with Gasteiger partial charge in [-0.15, -0.1) is 0 Å². The molecule has 0 bridgehead atoms. The number of anilines is 2. The first-order chi connectivity index (χ1) is 7.67. The molecule has 1 unspecified atom stereocenters. The van der Waals surface area contributed by atoms with Crippen LogP contribution in [0.2, 0.25) is 5.02 Å². The van der Waals surface area contributed by atoms with Gasteiger partial charge in [-0.25, -0.2) is 4.98 Å². The lowest BCUT2D eigenvalue weighted by Gasteiger charge is -2.15. The number of halogens is 1. The number of unbranched alkanes of at least 4 members (excludes halogenated alkanes) is 1. The highest BCUT2D eigenvalue weighted by Gasteiger charge is 2.07. The lowest BCUT2D eigenvalue weighted by molar-refractivity contribution is 0.643. The van der Waals surface area contributed by atoms with Crippen LogP contribution in [-0.2, 0) is 0 Å². The molecule has 0 aliphatic heterocycles. The fraction of sp³-hybridized carbons (Fsp3) is 0.636. The zero-order valence-corrected chi connectivity index (χ0v) is 10.8. The number of hydrogen-bond acceptors (Lipinski definition) is 4. The highest BCUT2D eigenvalue weighted by molar-refractivity contribution is 6.32. The van der Waals surface area contributed by atoms with E-state index in [1.807, 2.05) is 0 Å². The van der Waals surface area contributed by atoms with Crippen molar-refractivity contribution in [2.24, 2.45) is 0 Å². The van der Waals surface area contributed by atoms with Gasteiger partial charge in [-0.05, 0) is 13.3 Å². The summed E-state index contributed by atoms with van der Waals surface area (Å²) in [5.41, 5.74) is 0. The van der Waals surface area contributed by atoms with Crippen LogP contribution in [0.5, 0.6) is 0 Å². The summed E-state index contributed by atoms with van der Waals surface area (Å²) >= 11 is 6.02. The normalized spacial score (nSPS) is 12.2. The van der Waals surface area contributed by atoms with E-state index in [0.717, 1.165) is 6.42 Å². The second kappa shape index (κ2) is 6.53. The summed E-state index contributed by atoms with van der Waals surface area (Å²) in [5.74, 6) is 1.28. The molecule has 0 aliphatic carbocycles. The zero-order valence-electron chi connectivity index (χ0n) is 10.0. The lowest BCUT2D eigenvalue weighted by atomic mass is 10.1. The van der Waals surface area contributed by atoms with E-state index in [2.05, 4.69) is 34.4 Å². The van der Waals surface area contributed by atoms with Crippen LogP contribution in [0.15, 0.2) is 6.20 Å². The standard InChI is InChI=1S/C11H19ClN4/c1-4-5-6-8(2)15-10-9(12)7-14-11(13-3)16-10/h7-8H,4-6H2,1-3H3,(H2,13,14,15,16). The molecule has 0 spiro atoms. The molecule has 0 aromatic carbocycles. The van der Waals surface area contributed by atoms with Crippen molar-refractivity contribution >= 4 is 23.4 Å². The van der Waals surface area contributed by atoms with Crippen molar-refractivity contribution in [2.45, 2.75) is 39.2 Å². The van der Waals surface area contributed by atoms with E-state index in [1.165, 1.54) is 12.8 Å². The number of aromatic nitrogens is 2. The summed E-state index contributed by atoms with van der Waals surface area (Å²) in [7, 11) is 1.79. The molecule has 0 aliphatic rings. The number of hydrogen-bond donors (Lipinski definition) is 2. The Hall–Kier alpha value is -1.03. The van der Waals surface area contributed by atoms with Gasteiger partial charge in [-0.1, -0.05) is 31.4 Å². The third kappa shape index (κ3) is 3.85. The highest BCUT2D eigenvalue weighted by Crippen LogP contribution is 2.20. The molecular weight excluding hydrogens is 224 g/mol. The third-order valence-corrected chi connectivity index (χ3v) is 2.62. The van der Waals surface area contributed by atoms with E-state index < -0.39 is 0 Å². The van der Waals surface area contributed by atoms with E-state index in [0.29, 0.717) is 22.8 Å². The van der Waals surface area contributed by atoms with Crippen molar-refractivity contribution in [2.75, 3.05) is 17.7 Å². The number of nitrogens with one attached hydrogen (secondary N) is 2. The molecule has 0 saturated carbocycles. The van der Waals surface area contributed by atoms with E-state index >= 15 is 0 Å². The fourth-order valence-corrected chi connectivity index (χ4v) is 1.55. The first-order valence-corrected chi connectivity index (χ1v) is 6.02. The topological polar surface area (TPSA) is 49.8 Å². The first-order valence-electron chi connectivity index (χ1n) is 5.64. The van der Waals surface area contributed by atoms with Crippen LogP contribution in [0, 0.1) is 0 Å². The SMILES string of the molecule is CCCCC(C)Nc1nc(NC)ncc1Cl. The molecule has 16 heavy (non-hydrogen) atoms. The molecule has 1 atom stereocenters. The minimum Gasteiger partial charge on any atom is -0.366 e. The smallest absolute Gasteiger partial charge is 0.224 e. The highest BCUT2D eigenvalue weighted by atomic mass is 35.5. The molecule has 5 heteroatoms. The first kappa shape index (κ1) is 13.0. The van der Waals surface area contributed by atoms with Gasteiger partial charge in [0.25, 0.3) is 0 Å². The maximum absolute atomic E-state index is 6.02. The Morgan fingerprint density at radius 3 is 2.88 bits per heavy atom. The summed E-state index contributed by atoms with van der Waals surface area (Å²) in [6.45, 7) is 4.32. The van der Waals surface area contributed by atoms with Crippen LogP contribution in [0.1, 0.15) is 33.1 Å². The van der Waals surface area contributed by atoms with Gasteiger partial charge in [0, 0.05) is 13.1 Å². The largest absolute Gasteiger partial charge is 0.366 e. The third-order valence-electron chi connectivity index (χ3n) is 2.34. The second-order valence-electron chi connectivity index (χ2n) is 3.83. The molecule has 0 radical (unpaired) electrons. The van der Waals surface area contributed by atoms with Crippen molar-refractivity contribution in [1.29, 1.82) is 0 Å². The van der Waals surface area contributed by atoms with Gasteiger partial charge < -0.3 is 10.6 Å². The van der Waals surface area contributed by atoms with E-state index in [9.17, 15) is 0 Å². The molecule has 1 rings (SSSR count). The summed E-state index contributed by atoms with van der Waals surface area (Å²) in [6, 6.07) is 0.372. The fourth-order valence-electron chi connectivity index (χ4n) is 1.40. The van der Waals surface area contributed by atoms with Crippen LogP contribution in [0.25, 0.3) is 0 Å². The Labute approximate surface area is 102 Å². The average Bonchev–Trinajstić information content (AvgIpc) is 2.29. The van der Waals surface area contributed by atoms with Gasteiger partial charge in [-0.2, -0.15) is 4.98 Å². The molecule has 1 aromatic rings. The quantitative estimate of drug-likeness (QED) is 0.805. The van der Waals surface area contributed by atoms with Gasteiger partial charge in [0.1, 0.15) is 5.02 Å². The molecule has 0 fully saturated rings. The molecule has 1 heterocycles. The monoisotopic (exact) mass is 242 g/mol. The van der Waals surface area contributed by atoms with Crippen molar-refractivity contribution in [3.05, 3.63) is 11.2 Å². The Balaban J connectivity index is 2.64. The molecule has 90 valence electrons. The van der Waals surface area contributed by atoms with Crippen molar-refractivity contribution in [1.82, 2.24) is 9.97 Å². The Morgan fingerprint density at radius 1 is 1.50 bits per heavy atom. The molecular formula is C11H19ClN4. The minimum atomic E-state index is 0.372. The van der Waals surface area contributed by atoms with E-state index in [1.54, 1.807) is 13.2 Å². The summed E-state index contributed by atoms with van der Waals surface area (Å²) in [4.78, 5) is 8.31. The predicted molar refractivity (Wildman–Crippen MR) is 69.2 cm³/mol. The second-order valence-corrected chi connectivity index (χ2v) is 4.23. The Bertz CT molecular complexity index is 330. The number of rotatable bonds is 6. The molecule has 2 N–H and O–H groups in total. The Kier molecular flexibility index (Phi) is 5.32. The van der Waals surface area contributed by atoms with Gasteiger partial charge in [0.15, 0.2) is 5.82 Å². The van der Waals surface area contributed by atoms with Crippen molar-refractivity contribution in [3.63, 3.8) is 0 Å². The van der Waals surface area contributed by atoms with E-state index in [-0.39, 0.29) is 0 Å². The molecule has 4 nitrogen and oxygen atoms in total. The molecule has 1 aromatic heterocycles. The average molecular weight is 243 g/mol. The molecule has 0 saturated heterocycles. The van der Waals surface area contributed by atoms with Crippen LogP contribution >= 0.6 is 11.6 Å². The van der Waals surface area contributed by atoms with Gasteiger partial charge >= 0.3 is 0 Å². The predicted octanol–water partition coefficient (Wildman–Crippen LogP) is 3.16. The summed E-state index contributed by atoms with van der Waals surface area (Å²) in [5, 5.41) is 6.74. The Morgan fingerprint density at radius 2 is 2.25 bits per heavy atom. The van der Waals surface area contributed by atoms with Gasteiger partial charge in [-0.3, -0.25) is 0 Å². The minimum absolute atomic E-state index is 0.372. The van der Waals surface area contributed by atoms with E-state index in [4.69, 9.17) is 11.6 Å². The van der Waals surface area contributed by atoms with Crippen LogP contribution in [0.4, 0.5) is 11.8 Å². The van der Waals surface area contributed by atoms with Gasteiger partial charge in [0.05, 0.1) is 6.20 Å².